The van der Waals surface area contributed by atoms with E-state index in [2.05, 4.69) is 5.32 Å². The zero-order valence-corrected chi connectivity index (χ0v) is 16.4. The molecule has 0 spiro atoms. The Morgan fingerprint density at radius 3 is 2.25 bits per heavy atom. The van der Waals surface area contributed by atoms with Gasteiger partial charge in [0.25, 0.3) is 11.6 Å². The van der Waals surface area contributed by atoms with E-state index in [4.69, 9.17) is 0 Å². The number of nitrogens with zero attached hydrogens (tertiary/aromatic N) is 1. The summed E-state index contributed by atoms with van der Waals surface area (Å²) in [5.41, 5.74) is 3.02. The van der Waals surface area contributed by atoms with Gasteiger partial charge in [0.1, 0.15) is 5.56 Å². The number of amides is 1. The zero-order chi connectivity index (χ0) is 20.1. The maximum absolute atomic E-state index is 12.7. The van der Waals surface area contributed by atoms with E-state index in [9.17, 15) is 14.9 Å². The third-order valence-electron chi connectivity index (χ3n) is 4.51. The summed E-state index contributed by atoms with van der Waals surface area (Å²) in [6.07, 6.45) is 1.86. The second kappa shape index (κ2) is 8.71. The predicted molar refractivity (Wildman–Crippen MR) is 113 cm³/mol. The zero-order valence-electron chi connectivity index (χ0n) is 15.6. The van der Waals surface area contributed by atoms with E-state index in [-0.39, 0.29) is 17.3 Å². The van der Waals surface area contributed by atoms with E-state index >= 15 is 0 Å². The lowest BCUT2D eigenvalue weighted by Gasteiger charge is -2.15. The summed E-state index contributed by atoms with van der Waals surface area (Å²) < 4.78 is 0. The van der Waals surface area contributed by atoms with Crippen LogP contribution in [0.2, 0.25) is 0 Å². The Morgan fingerprint density at radius 1 is 1.00 bits per heavy atom. The molecule has 6 heteroatoms. The molecule has 0 radical (unpaired) electrons. The molecular weight excluding hydrogens is 372 g/mol. The largest absolute Gasteiger partial charge is 0.345 e. The summed E-state index contributed by atoms with van der Waals surface area (Å²) in [4.78, 5) is 24.2. The summed E-state index contributed by atoms with van der Waals surface area (Å²) in [6, 6.07) is 22.2. The van der Waals surface area contributed by atoms with Crippen molar-refractivity contribution in [2.45, 2.75) is 17.9 Å². The van der Waals surface area contributed by atoms with Crippen molar-refractivity contribution in [3.05, 3.63) is 94.0 Å². The van der Waals surface area contributed by atoms with Crippen molar-refractivity contribution in [3.63, 3.8) is 0 Å². The molecule has 1 N–H and O–H groups in total. The van der Waals surface area contributed by atoms with Crippen molar-refractivity contribution in [2.24, 2.45) is 0 Å². The highest BCUT2D eigenvalue weighted by molar-refractivity contribution is 7.98. The first-order valence-electron chi connectivity index (χ1n) is 8.78. The summed E-state index contributed by atoms with van der Waals surface area (Å²) in [7, 11) is 0. The Morgan fingerprint density at radius 2 is 1.64 bits per heavy atom. The molecule has 0 aliphatic carbocycles. The van der Waals surface area contributed by atoms with E-state index < -0.39 is 10.8 Å². The average molecular weight is 392 g/mol. The second-order valence-corrected chi connectivity index (χ2v) is 7.20. The monoisotopic (exact) mass is 392 g/mol. The molecule has 0 aromatic heterocycles. The van der Waals surface area contributed by atoms with Gasteiger partial charge in [-0.2, -0.15) is 0 Å². The predicted octanol–water partition coefficient (Wildman–Crippen LogP) is 5.47. The Hall–Kier alpha value is -3.12. The van der Waals surface area contributed by atoms with Gasteiger partial charge in [-0.1, -0.05) is 54.6 Å². The van der Waals surface area contributed by atoms with E-state index in [1.807, 2.05) is 67.8 Å². The molecule has 142 valence electrons. The fourth-order valence-corrected chi connectivity index (χ4v) is 3.38. The van der Waals surface area contributed by atoms with Gasteiger partial charge in [0.05, 0.1) is 11.0 Å². The third kappa shape index (κ3) is 4.40. The fourth-order valence-electron chi connectivity index (χ4n) is 2.94. The van der Waals surface area contributed by atoms with E-state index in [1.165, 1.54) is 17.8 Å². The minimum Gasteiger partial charge on any atom is -0.345 e. The quantitative estimate of drug-likeness (QED) is 0.343. The molecule has 28 heavy (non-hydrogen) atoms. The number of benzene rings is 3. The summed E-state index contributed by atoms with van der Waals surface area (Å²) in [6.45, 7) is 1.86. The molecule has 3 rings (SSSR count). The maximum Gasteiger partial charge on any atom is 0.282 e. The van der Waals surface area contributed by atoms with Crippen LogP contribution in [0.5, 0.6) is 0 Å². The van der Waals surface area contributed by atoms with Crippen LogP contribution < -0.4 is 5.32 Å². The lowest BCUT2D eigenvalue weighted by Crippen LogP contribution is -2.27. The number of nitrogens with one attached hydrogen (secondary N) is 1. The van der Waals surface area contributed by atoms with E-state index in [1.54, 1.807) is 12.1 Å². The van der Waals surface area contributed by atoms with Gasteiger partial charge in [-0.3, -0.25) is 14.9 Å². The van der Waals surface area contributed by atoms with Crippen LogP contribution in [0.25, 0.3) is 11.1 Å². The van der Waals surface area contributed by atoms with Crippen LogP contribution in [0.4, 0.5) is 5.69 Å². The Bertz CT molecular complexity index is 988. The maximum atomic E-state index is 12.7. The minimum atomic E-state index is -0.529. The van der Waals surface area contributed by atoms with Gasteiger partial charge in [-0.25, -0.2) is 0 Å². The first-order chi connectivity index (χ1) is 13.5. The molecule has 0 bridgehead atoms. The van der Waals surface area contributed by atoms with Crippen LogP contribution in [0, 0.1) is 10.1 Å². The highest BCUT2D eigenvalue weighted by Gasteiger charge is 2.22. The summed E-state index contributed by atoms with van der Waals surface area (Å²) >= 11 is 1.43. The molecule has 0 fully saturated rings. The number of thioether (sulfide) groups is 1. The Balaban J connectivity index is 1.78. The molecule has 0 aliphatic rings. The van der Waals surface area contributed by atoms with Gasteiger partial charge in [-0.05, 0) is 42.0 Å². The van der Waals surface area contributed by atoms with Gasteiger partial charge in [0, 0.05) is 11.0 Å². The van der Waals surface area contributed by atoms with Crippen LogP contribution in [0.3, 0.4) is 0 Å². The smallest absolute Gasteiger partial charge is 0.282 e. The molecule has 3 aromatic rings. The first-order valence-corrected chi connectivity index (χ1v) is 10.0. The third-order valence-corrected chi connectivity index (χ3v) is 5.24. The molecule has 0 heterocycles. The highest BCUT2D eigenvalue weighted by atomic mass is 32.2. The lowest BCUT2D eigenvalue weighted by molar-refractivity contribution is -0.385. The van der Waals surface area contributed by atoms with Crippen molar-refractivity contribution in [2.75, 3.05) is 6.26 Å². The van der Waals surface area contributed by atoms with Gasteiger partial charge in [-0.15, -0.1) is 11.8 Å². The Kier molecular flexibility index (Phi) is 6.11. The number of nitro groups is 1. The van der Waals surface area contributed by atoms with Crippen LogP contribution >= 0.6 is 11.8 Å². The normalized spacial score (nSPS) is 11.6. The number of carbonyl (C=O) groups excluding carboxylic acids is 1. The fraction of sp³-hybridized carbons (Fsp3) is 0.136. The second-order valence-electron chi connectivity index (χ2n) is 6.32. The van der Waals surface area contributed by atoms with Crippen molar-refractivity contribution in [1.82, 2.24) is 5.32 Å². The molecule has 1 amide bonds. The van der Waals surface area contributed by atoms with Gasteiger partial charge in [0.2, 0.25) is 0 Å². The van der Waals surface area contributed by atoms with Crippen LogP contribution in [0.1, 0.15) is 28.9 Å². The topological polar surface area (TPSA) is 72.2 Å². The van der Waals surface area contributed by atoms with Crippen LogP contribution in [-0.2, 0) is 0 Å². The summed E-state index contributed by atoms with van der Waals surface area (Å²) in [5, 5.41) is 14.1. The molecule has 0 aliphatic heterocycles. The van der Waals surface area contributed by atoms with Gasteiger partial charge >= 0.3 is 0 Å². The summed E-state index contributed by atoms with van der Waals surface area (Å²) in [5.74, 6) is -0.456. The minimum absolute atomic E-state index is 0.0737. The van der Waals surface area contributed by atoms with Crippen molar-refractivity contribution in [1.29, 1.82) is 0 Å². The molecule has 1 unspecified atom stereocenters. The highest BCUT2D eigenvalue weighted by Crippen LogP contribution is 2.26. The van der Waals surface area contributed by atoms with Gasteiger partial charge in [0.15, 0.2) is 0 Å². The first kappa shape index (κ1) is 19.6. The van der Waals surface area contributed by atoms with Crippen molar-refractivity contribution >= 4 is 23.4 Å². The van der Waals surface area contributed by atoms with Crippen LogP contribution in [0.15, 0.2) is 77.7 Å². The van der Waals surface area contributed by atoms with E-state index in [0.717, 1.165) is 21.6 Å². The molecule has 5 nitrogen and oxygen atoms in total. The number of rotatable bonds is 6. The number of hydrogen-bond acceptors (Lipinski definition) is 4. The molecular formula is C22H20N2O3S. The number of carbonyl (C=O) groups is 1. The standard InChI is InChI=1S/C22H20N2O3S/c1-15(16-8-10-18(11-9-16)17-6-4-3-5-7-17)23-22(25)20-14-19(28-2)12-13-21(20)24(26)27/h3-15H,1-2H3,(H,23,25). The molecule has 0 saturated heterocycles. The van der Waals surface area contributed by atoms with Gasteiger partial charge < -0.3 is 5.32 Å². The van der Waals surface area contributed by atoms with Crippen molar-refractivity contribution < 1.29 is 9.72 Å². The molecule has 3 aromatic carbocycles. The average Bonchev–Trinajstić information content (AvgIpc) is 2.73. The van der Waals surface area contributed by atoms with Crippen LogP contribution in [-0.4, -0.2) is 17.1 Å². The lowest BCUT2D eigenvalue weighted by atomic mass is 10.0. The van der Waals surface area contributed by atoms with E-state index in [0.29, 0.717) is 0 Å². The SMILES string of the molecule is CSc1ccc([N+](=O)[O-])c(C(=O)NC(C)c2ccc(-c3ccccc3)cc2)c1. The number of hydrogen-bond donors (Lipinski definition) is 1. The number of nitro benzene ring substituents is 1. The molecule has 1 atom stereocenters. The van der Waals surface area contributed by atoms with Crippen molar-refractivity contribution in [3.8, 4) is 11.1 Å². The molecule has 0 saturated carbocycles. The Labute approximate surface area is 167 Å².